The molecule has 0 amide bonds. The van der Waals surface area contributed by atoms with Crippen LogP contribution in [0.3, 0.4) is 0 Å². The van der Waals surface area contributed by atoms with Crippen molar-refractivity contribution in [2.75, 3.05) is 0 Å². The summed E-state index contributed by atoms with van der Waals surface area (Å²) in [6.45, 7) is 0. The number of hydrogen-bond acceptors (Lipinski definition) is 1. The number of aromatic nitrogens is 1. The van der Waals surface area contributed by atoms with Crippen molar-refractivity contribution in [3.8, 4) is 5.75 Å². The molecule has 1 heterocycles. The molecular formula is C10H9BClF4NO. The fourth-order valence-electron chi connectivity index (χ4n) is 1.44. The standard InChI is InChI=1S/C10H8ClNO.BF4/c1-12-6-2-3-7-8(11)4-5-9(13)10(7)12;2-1(3,4)5/h2-6H,1H3;/q;-1/p+1. The summed E-state index contributed by atoms with van der Waals surface area (Å²) < 4.78 is 40.8. The van der Waals surface area contributed by atoms with Gasteiger partial charge in [-0.05, 0) is 18.2 Å². The van der Waals surface area contributed by atoms with Crippen molar-refractivity contribution in [3.63, 3.8) is 0 Å². The summed E-state index contributed by atoms with van der Waals surface area (Å²) in [7, 11) is -4.13. The summed E-state index contributed by atoms with van der Waals surface area (Å²) >= 11 is 5.98. The Labute approximate surface area is 106 Å². The topological polar surface area (TPSA) is 24.1 Å². The molecular weight excluding hydrogens is 272 g/mol. The molecule has 0 aliphatic carbocycles. The van der Waals surface area contributed by atoms with Crippen molar-refractivity contribution in [3.05, 3.63) is 35.5 Å². The maximum absolute atomic E-state index is 9.75. The van der Waals surface area contributed by atoms with Gasteiger partial charge in [0.05, 0.1) is 10.4 Å². The van der Waals surface area contributed by atoms with E-state index in [1.165, 1.54) is 0 Å². The zero-order valence-corrected chi connectivity index (χ0v) is 10.0. The Balaban J connectivity index is 0.000000280. The number of halogens is 5. The number of phenolic OH excluding ortho intramolecular Hbond substituents is 1. The highest BCUT2D eigenvalue weighted by molar-refractivity contribution is 6.50. The lowest BCUT2D eigenvalue weighted by Gasteiger charge is -1.99. The van der Waals surface area contributed by atoms with Gasteiger partial charge in [0.15, 0.2) is 11.9 Å². The minimum absolute atomic E-state index is 0.252. The van der Waals surface area contributed by atoms with Gasteiger partial charge in [0.25, 0.3) is 5.52 Å². The number of hydrogen-bond donors (Lipinski definition) is 1. The van der Waals surface area contributed by atoms with Gasteiger partial charge in [-0.15, -0.1) is 0 Å². The lowest BCUT2D eigenvalue weighted by atomic mass is 10.2. The van der Waals surface area contributed by atoms with Gasteiger partial charge in [-0.25, -0.2) is 0 Å². The number of pyridine rings is 1. The first-order chi connectivity index (χ1) is 8.20. The highest BCUT2D eigenvalue weighted by Gasteiger charge is 2.20. The number of phenols is 1. The Hall–Kier alpha value is -1.50. The van der Waals surface area contributed by atoms with Crippen molar-refractivity contribution in [2.45, 2.75) is 0 Å². The molecule has 0 atom stereocenters. The second-order valence-electron chi connectivity index (χ2n) is 3.44. The predicted octanol–water partition coefficient (Wildman–Crippen LogP) is 3.32. The molecule has 0 saturated heterocycles. The molecule has 0 saturated carbocycles. The first kappa shape index (κ1) is 14.6. The molecule has 8 heteroatoms. The van der Waals surface area contributed by atoms with Gasteiger partial charge < -0.3 is 22.4 Å². The second kappa shape index (κ2) is 5.43. The predicted molar refractivity (Wildman–Crippen MR) is 62.0 cm³/mol. The smallest absolute Gasteiger partial charge is 0.502 e. The van der Waals surface area contributed by atoms with Crippen LogP contribution >= 0.6 is 11.6 Å². The van der Waals surface area contributed by atoms with Crippen LogP contribution in [0.25, 0.3) is 10.9 Å². The molecule has 98 valence electrons. The van der Waals surface area contributed by atoms with Crippen molar-refractivity contribution < 1.29 is 26.9 Å². The van der Waals surface area contributed by atoms with Gasteiger partial charge in [-0.3, -0.25) is 0 Å². The van der Waals surface area contributed by atoms with Gasteiger partial charge in [-0.1, -0.05) is 11.6 Å². The average Bonchev–Trinajstić information content (AvgIpc) is 2.21. The lowest BCUT2D eigenvalue weighted by molar-refractivity contribution is -0.645. The van der Waals surface area contributed by atoms with Crippen molar-refractivity contribution in [1.29, 1.82) is 0 Å². The van der Waals surface area contributed by atoms with E-state index in [0.29, 0.717) is 5.02 Å². The van der Waals surface area contributed by atoms with Crippen LogP contribution in [0.2, 0.25) is 5.02 Å². The molecule has 0 aliphatic rings. The molecule has 2 nitrogen and oxygen atoms in total. The fraction of sp³-hybridized carbons (Fsp3) is 0.100. The van der Waals surface area contributed by atoms with E-state index in [9.17, 15) is 22.4 Å². The Bertz CT molecular complexity index is 547. The van der Waals surface area contributed by atoms with Gasteiger partial charge in [0.2, 0.25) is 0 Å². The van der Waals surface area contributed by atoms with Gasteiger partial charge in [0, 0.05) is 6.07 Å². The van der Waals surface area contributed by atoms with Crippen LogP contribution in [0.4, 0.5) is 17.3 Å². The molecule has 18 heavy (non-hydrogen) atoms. The number of nitrogens with zero attached hydrogens (tertiary/aromatic N) is 1. The van der Waals surface area contributed by atoms with E-state index in [-0.39, 0.29) is 5.75 Å². The average molecular weight is 281 g/mol. The van der Waals surface area contributed by atoms with Crippen LogP contribution in [0.1, 0.15) is 0 Å². The SMILES string of the molecule is C[n+]1cccc2c(Cl)ccc(O)c21.F[B-](F)(F)F. The highest BCUT2D eigenvalue weighted by atomic mass is 35.5. The number of aryl methyl sites for hydroxylation is 1. The highest BCUT2D eigenvalue weighted by Crippen LogP contribution is 2.27. The Morgan fingerprint density at radius 1 is 1.17 bits per heavy atom. The quantitative estimate of drug-likeness (QED) is 0.447. The molecule has 2 aromatic rings. The summed E-state index contributed by atoms with van der Waals surface area (Å²) in [6, 6.07) is 7.08. The Morgan fingerprint density at radius 3 is 2.22 bits per heavy atom. The molecule has 0 bridgehead atoms. The zero-order valence-electron chi connectivity index (χ0n) is 9.25. The number of aromatic hydroxyl groups is 1. The number of benzene rings is 1. The van der Waals surface area contributed by atoms with Crippen molar-refractivity contribution in [1.82, 2.24) is 0 Å². The minimum Gasteiger partial charge on any atom is -0.502 e. The fourth-order valence-corrected chi connectivity index (χ4v) is 1.66. The monoisotopic (exact) mass is 281 g/mol. The van der Waals surface area contributed by atoms with Crippen molar-refractivity contribution in [2.24, 2.45) is 7.05 Å². The molecule has 0 fully saturated rings. The lowest BCUT2D eigenvalue weighted by Crippen LogP contribution is -2.27. The van der Waals surface area contributed by atoms with E-state index in [4.69, 9.17) is 11.6 Å². The Morgan fingerprint density at radius 2 is 1.72 bits per heavy atom. The van der Waals surface area contributed by atoms with Crippen molar-refractivity contribution >= 4 is 29.8 Å². The second-order valence-corrected chi connectivity index (χ2v) is 3.85. The van der Waals surface area contributed by atoms with Gasteiger partial charge >= 0.3 is 7.25 Å². The molecule has 0 radical (unpaired) electrons. The first-order valence-electron chi connectivity index (χ1n) is 4.83. The largest absolute Gasteiger partial charge is 0.673 e. The summed E-state index contributed by atoms with van der Waals surface area (Å²) in [4.78, 5) is 0. The minimum atomic E-state index is -6.00. The van der Waals surface area contributed by atoms with Crippen LogP contribution in [-0.2, 0) is 7.05 Å². The van der Waals surface area contributed by atoms with E-state index in [2.05, 4.69) is 0 Å². The maximum atomic E-state index is 9.75. The third-order valence-electron chi connectivity index (χ3n) is 2.07. The molecule has 2 rings (SSSR count). The number of rotatable bonds is 0. The van der Waals surface area contributed by atoms with E-state index in [1.807, 2.05) is 29.9 Å². The van der Waals surface area contributed by atoms with Crippen LogP contribution in [0.15, 0.2) is 30.5 Å². The molecule has 1 aromatic carbocycles. The molecule has 1 N–H and O–H groups in total. The maximum Gasteiger partial charge on any atom is 0.673 e. The normalized spacial score (nSPS) is 11.0. The third-order valence-corrected chi connectivity index (χ3v) is 2.40. The molecule has 0 unspecified atom stereocenters. The third kappa shape index (κ3) is 4.07. The summed E-state index contributed by atoms with van der Waals surface area (Å²) in [5.74, 6) is 0.252. The summed E-state index contributed by atoms with van der Waals surface area (Å²) in [5.41, 5.74) is 0.759. The van der Waals surface area contributed by atoms with Crippen LogP contribution in [-0.4, -0.2) is 12.4 Å². The van der Waals surface area contributed by atoms with E-state index < -0.39 is 7.25 Å². The first-order valence-corrected chi connectivity index (χ1v) is 5.21. The summed E-state index contributed by atoms with van der Waals surface area (Å²) in [5, 5.41) is 11.1. The van der Waals surface area contributed by atoms with E-state index in [1.54, 1.807) is 12.1 Å². The summed E-state index contributed by atoms with van der Waals surface area (Å²) in [6.07, 6.45) is 1.87. The molecule has 0 spiro atoms. The van der Waals surface area contributed by atoms with Crippen LogP contribution < -0.4 is 4.57 Å². The zero-order chi connectivity index (χ0) is 13.9. The van der Waals surface area contributed by atoms with Gasteiger partial charge in [0.1, 0.15) is 7.05 Å². The molecule has 1 aromatic heterocycles. The molecule has 0 aliphatic heterocycles. The number of fused-ring (bicyclic) bond motifs is 1. The van der Waals surface area contributed by atoms with E-state index in [0.717, 1.165) is 10.9 Å². The van der Waals surface area contributed by atoms with Gasteiger partial charge in [-0.2, -0.15) is 4.57 Å². The Kier molecular flexibility index (Phi) is 4.40. The van der Waals surface area contributed by atoms with E-state index >= 15 is 0 Å². The van der Waals surface area contributed by atoms with Crippen LogP contribution in [0, 0.1) is 0 Å². The van der Waals surface area contributed by atoms with Crippen LogP contribution in [0.5, 0.6) is 5.75 Å².